The minimum absolute atomic E-state index is 0.0848. The molecule has 32 heavy (non-hydrogen) atoms. The summed E-state index contributed by atoms with van der Waals surface area (Å²) in [5, 5.41) is 3.50. The second-order valence-corrected chi connectivity index (χ2v) is 11.0. The summed E-state index contributed by atoms with van der Waals surface area (Å²) >= 11 is 0. The van der Waals surface area contributed by atoms with Gasteiger partial charge in [0.25, 0.3) is 0 Å². The third kappa shape index (κ3) is 8.34. The third-order valence-corrected chi connectivity index (χ3v) is 8.54. The van der Waals surface area contributed by atoms with Crippen LogP contribution in [-0.2, 0) is 16.2 Å². The Morgan fingerprint density at radius 3 is 2.09 bits per heavy atom. The van der Waals surface area contributed by atoms with E-state index in [0.29, 0.717) is 5.92 Å². The van der Waals surface area contributed by atoms with Crippen molar-refractivity contribution in [1.29, 1.82) is 0 Å². The lowest BCUT2D eigenvalue weighted by atomic mass is 9.83. The summed E-state index contributed by atoms with van der Waals surface area (Å²) in [6.07, 6.45) is 7.78. The first-order valence-corrected chi connectivity index (χ1v) is 13.5. The van der Waals surface area contributed by atoms with Crippen LogP contribution in [0.5, 0.6) is 0 Å². The Kier molecular flexibility index (Phi) is 11.0. The van der Waals surface area contributed by atoms with Crippen molar-refractivity contribution in [1.82, 2.24) is 9.62 Å². The Balaban J connectivity index is 1.71. The fraction of sp³-hybridized carbons (Fsp3) is 0.750. The molecule has 0 unspecified atom stereocenters. The molecular formula is C24H39F3N2O2S. The molecule has 0 atom stereocenters. The summed E-state index contributed by atoms with van der Waals surface area (Å²) in [5.41, 5.74) is -0.841. The summed E-state index contributed by atoms with van der Waals surface area (Å²) in [6.45, 7) is 4.41. The van der Waals surface area contributed by atoms with E-state index in [1.54, 1.807) is 7.05 Å². The van der Waals surface area contributed by atoms with Gasteiger partial charge in [0.1, 0.15) is 0 Å². The molecule has 0 heterocycles. The Morgan fingerprint density at radius 1 is 0.938 bits per heavy atom. The van der Waals surface area contributed by atoms with Crippen molar-refractivity contribution >= 4 is 10.0 Å². The highest BCUT2D eigenvalue weighted by atomic mass is 32.2. The molecule has 1 N–H and O–H groups in total. The number of nitrogens with one attached hydrogen (secondary N) is 1. The van der Waals surface area contributed by atoms with E-state index in [0.717, 1.165) is 63.0 Å². The van der Waals surface area contributed by atoms with Gasteiger partial charge >= 0.3 is 6.18 Å². The number of alkyl halides is 3. The first kappa shape index (κ1) is 27.1. The molecule has 4 nitrogen and oxygen atoms in total. The van der Waals surface area contributed by atoms with Gasteiger partial charge in [0, 0.05) is 13.1 Å². The van der Waals surface area contributed by atoms with Crippen molar-refractivity contribution < 1.29 is 21.6 Å². The number of halogens is 3. The number of nitrogens with zero attached hydrogens (tertiary/aromatic N) is 1. The van der Waals surface area contributed by atoms with Crippen LogP contribution in [0.25, 0.3) is 0 Å². The predicted octanol–water partition coefficient (Wildman–Crippen LogP) is 6.22. The molecular weight excluding hydrogens is 437 g/mol. The lowest BCUT2D eigenvalue weighted by Gasteiger charge is -2.34. The average Bonchev–Trinajstić information content (AvgIpc) is 2.77. The second kappa shape index (κ2) is 12.9. The van der Waals surface area contributed by atoms with Crippen molar-refractivity contribution in [3.8, 4) is 0 Å². The van der Waals surface area contributed by atoms with E-state index in [4.69, 9.17) is 0 Å². The van der Waals surface area contributed by atoms with Crippen molar-refractivity contribution in [2.75, 3.05) is 20.1 Å². The maximum absolute atomic E-state index is 12.9. The van der Waals surface area contributed by atoms with E-state index >= 15 is 0 Å². The van der Waals surface area contributed by atoms with E-state index in [2.05, 4.69) is 12.2 Å². The van der Waals surface area contributed by atoms with Gasteiger partial charge in [-0.2, -0.15) is 17.5 Å². The molecule has 0 spiro atoms. The highest BCUT2D eigenvalue weighted by molar-refractivity contribution is 7.89. The maximum atomic E-state index is 12.9. The van der Waals surface area contributed by atoms with E-state index in [1.807, 2.05) is 0 Å². The molecule has 0 radical (unpaired) electrons. The van der Waals surface area contributed by atoms with Crippen LogP contribution in [0.3, 0.4) is 0 Å². The second-order valence-electron chi connectivity index (χ2n) is 9.02. The average molecular weight is 477 g/mol. The Labute approximate surface area is 192 Å². The van der Waals surface area contributed by atoms with Crippen LogP contribution >= 0.6 is 0 Å². The Hall–Kier alpha value is -1.12. The monoisotopic (exact) mass is 476 g/mol. The molecule has 1 aromatic carbocycles. The van der Waals surface area contributed by atoms with Crippen LogP contribution in [0.15, 0.2) is 29.2 Å². The molecule has 1 aliphatic rings. The fourth-order valence-corrected chi connectivity index (χ4v) is 5.88. The van der Waals surface area contributed by atoms with Gasteiger partial charge in [-0.15, -0.1) is 0 Å². The van der Waals surface area contributed by atoms with Crippen molar-refractivity contribution in [3.63, 3.8) is 0 Å². The quantitative estimate of drug-likeness (QED) is 0.344. The zero-order valence-corrected chi connectivity index (χ0v) is 20.3. The maximum Gasteiger partial charge on any atom is 0.416 e. The van der Waals surface area contributed by atoms with Crippen LogP contribution in [0, 0.1) is 5.92 Å². The van der Waals surface area contributed by atoms with E-state index < -0.39 is 21.8 Å². The largest absolute Gasteiger partial charge is 0.416 e. The molecule has 0 aliphatic heterocycles. The van der Waals surface area contributed by atoms with E-state index in [1.165, 1.54) is 49.3 Å². The summed E-state index contributed by atoms with van der Waals surface area (Å²) in [6, 6.07) is 3.68. The van der Waals surface area contributed by atoms with Crippen LogP contribution in [0.4, 0.5) is 13.2 Å². The number of sulfonamides is 1. The molecule has 184 valence electrons. The molecule has 1 saturated carbocycles. The Morgan fingerprint density at radius 2 is 1.53 bits per heavy atom. The van der Waals surface area contributed by atoms with Gasteiger partial charge in [-0.25, -0.2) is 8.42 Å². The topological polar surface area (TPSA) is 49.4 Å². The predicted molar refractivity (Wildman–Crippen MR) is 123 cm³/mol. The van der Waals surface area contributed by atoms with Gasteiger partial charge < -0.3 is 5.32 Å². The van der Waals surface area contributed by atoms with Crippen molar-refractivity contribution in [2.24, 2.45) is 5.92 Å². The summed E-state index contributed by atoms with van der Waals surface area (Å²) < 4.78 is 65.3. The van der Waals surface area contributed by atoms with Gasteiger partial charge in [-0.3, -0.25) is 0 Å². The number of hydrogen-bond donors (Lipinski definition) is 1. The first-order valence-electron chi connectivity index (χ1n) is 12.0. The smallest absolute Gasteiger partial charge is 0.317 e. The number of rotatable bonds is 13. The van der Waals surface area contributed by atoms with E-state index in [-0.39, 0.29) is 10.9 Å². The highest BCUT2D eigenvalue weighted by Gasteiger charge is 2.33. The zero-order valence-electron chi connectivity index (χ0n) is 19.5. The fourth-order valence-electron chi connectivity index (χ4n) is 4.46. The molecule has 2 rings (SSSR count). The SMILES string of the molecule is CCCCCNCCCCC[C@H]1CC[C@H](N(C)S(=O)(=O)c2ccc(C(F)(F)F)cc2)CC1. The first-order chi connectivity index (χ1) is 15.2. The lowest BCUT2D eigenvalue weighted by molar-refractivity contribution is -0.137. The highest BCUT2D eigenvalue weighted by Crippen LogP contribution is 2.34. The van der Waals surface area contributed by atoms with Crippen LogP contribution in [0.1, 0.15) is 83.1 Å². The van der Waals surface area contributed by atoms with Gasteiger partial charge in [0.15, 0.2) is 0 Å². The van der Waals surface area contributed by atoms with Crippen LogP contribution < -0.4 is 5.32 Å². The summed E-state index contributed by atoms with van der Waals surface area (Å²) in [4.78, 5) is -0.0848. The van der Waals surface area contributed by atoms with Crippen molar-refractivity contribution in [3.05, 3.63) is 29.8 Å². The summed E-state index contributed by atoms with van der Waals surface area (Å²) in [5.74, 6) is 0.644. The molecule has 0 aromatic heterocycles. The minimum Gasteiger partial charge on any atom is -0.317 e. The third-order valence-electron chi connectivity index (χ3n) is 6.61. The van der Waals surface area contributed by atoms with Crippen LogP contribution in [0.2, 0.25) is 0 Å². The number of unbranched alkanes of at least 4 members (excludes halogenated alkanes) is 4. The van der Waals surface area contributed by atoms with Gasteiger partial charge in [0.2, 0.25) is 10.0 Å². The molecule has 8 heteroatoms. The zero-order chi connectivity index (χ0) is 23.6. The molecule has 1 fully saturated rings. The minimum atomic E-state index is -4.47. The lowest BCUT2D eigenvalue weighted by Crippen LogP contribution is -2.39. The van der Waals surface area contributed by atoms with Gasteiger partial charge in [0.05, 0.1) is 10.5 Å². The molecule has 1 aliphatic carbocycles. The normalized spacial score (nSPS) is 20.1. The number of benzene rings is 1. The molecule has 1 aromatic rings. The van der Waals surface area contributed by atoms with Gasteiger partial charge in [-0.05, 0) is 81.8 Å². The van der Waals surface area contributed by atoms with Gasteiger partial charge in [-0.1, -0.05) is 39.0 Å². The van der Waals surface area contributed by atoms with E-state index in [9.17, 15) is 21.6 Å². The van der Waals surface area contributed by atoms with Crippen molar-refractivity contribution in [2.45, 2.75) is 94.7 Å². The molecule has 0 bridgehead atoms. The van der Waals surface area contributed by atoms with Crippen LogP contribution in [-0.4, -0.2) is 38.9 Å². The standard InChI is InChI=1S/C24H39F3N2O2S/c1-3-4-7-18-28-19-8-5-6-9-20-10-14-22(15-11-20)29(2)32(30,31)23-16-12-21(13-17-23)24(25,26)27/h12-13,16-17,20,22,28H,3-11,14-15,18-19H2,1-2H3/t20-,22-. The molecule has 0 saturated heterocycles. The summed E-state index contributed by atoms with van der Waals surface area (Å²) in [7, 11) is -2.25. The number of hydrogen-bond acceptors (Lipinski definition) is 3. The Bertz CT molecular complexity index is 758. The molecule has 0 amide bonds.